The Labute approximate surface area is 107 Å². The van der Waals surface area contributed by atoms with Gasteiger partial charge in [-0.25, -0.2) is 0 Å². The average Bonchev–Trinajstić information content (AvgIpc) is 2.42. The molecule has 3 N–H and O–H groups in total. The standard InChI is InChI=1S/C15H18N2O/c16-15(7-5-13(18)6-8-15)12-3-4-14-11(10-12)2-1-9-17-14/h1-4,9-10,13,18H,5-8,16H2. The first-order chi connectivity index (χ1) is 8.67. The first kappa shape index (κ1) is 11.6. The van der Waals surface area contributed by atoms with E-state index >= 15 is 0 Å². The molecule has 18 heavy (non-hydrogen) atoms. The molecule has 3 nitrogen and oxygen atoms in total. The zero-order chi connectivity index (χ0) is 12.6. The number of nitrogens with two attached hydrogens (primary N) is 1. The SMILES string of the molecule is NC1(c2ccc3ncccc3c2)CCC(O)CC1. The number of hydrogen-bond donors (Lipinski definition) is 2. The van der Waals surface area contributed by atoms with Crippen LogP contribution in [0, 0.1) is 0 Å². The molecule has 1 aromatic carbocycles. The Balaban J connectivity index is 1.98. The maximum absolute atomic E-state index is 9.59. The van der Waals surface area contributed by atoms with Gasteiger partial charge in [0.25, 0.3) is 0 Å². The lowest BCUT2D eigenvalue weighted by molar-refractivity contribution is 0.0969. The summed E-state index contributed by atoms with van der Waals surface area (Å²) in [6, 6.07) is 10.3. The predicted molar refractivity (Wildman–Crippen MR) is 72.1 cm³/mol. The van der Waals surface area contributed by atoms with E-state index in [-0.39, 0.29) is 11.6 Å². The van der Waals surface area contributed by atoms with Crippen LogP contribution in [0.15, 0.2) is 36.5 Å². The molecular formula is C15H18N2O. The molecule has 0 spiro atoms. The number of aliphatic hydroxyl groups is 1. The molecule has 1 aliphatic rings. The van der Waals surface area contributed by atoms with Crippen molar-refractivity contribution in [3.8, 4) is 0 Å². The zero-order valence-electron chi connectivity index (χ0n) is 10.3. The fourth-order valence-corrected chi connectivity index (χ4v) is 2.79. The van der Waals surface area contributed by atoms with E-state index in [0.717, 1.165) is 42.1 Å². The molecule has 1 aliphatic carbocycles. The number of nitrogens with zero attached hydrogens (tertiary/aromatic N) is 1. The third kappa shape index (κ3) is 2.00. The summed E-state index contributed by atoms with van der Waals surface area (Å²) < 4.78 is 0. The van der Waals surface area contributed by atoms with Crippen molar-refractivity contribution in [2.45, 2.75) is 37.3 Å². The molecular weight excluding hydrogens is 224 g/mol. The summed E-state index contributed by atoms with van der Waals surface area (Å²) >= 11 is 0. The second-order valence-corrected chi connectivity index (χ2v) is 5.30. The van der Waals surface area contributed by atoms with E-state index < -0.39 is 0 Å². The summed E-state index contributed by atoms with van der Waals surface area (Å²) in [6.07, 6.45) is 4.91. The van der Waals surface area contributed by atoms with Gasteiger partial charge < -0.3 is 10.8 Å². The summed E-state index contributed by atoms with van der Waals surface area (Å²) in [5, 5.41) is 10.7. The molecule has 1 fully saturated rings. The van der Waals surface area contributed by atoms with E-state index in [9.17, 15) is 5.11 Å². The lowest BCUT2D eigenvalue weighted by Gasteiger charge is -2.36. The maximum Gasteiger partial charge on any atom is 0.0702 e. The number of fused-ring (bicyclic) bond motifs is 1. The van der Waals surface area contributed by atoms with Crippen LogP contribution in [-0.4, -0.2) is 16.2 Å². The van der Waals surface area contributed by atoms with Gasteiger partial charge in [0, 0.05) is 17.1 Å². The predicted octanol–water partition coefficient (Wildman–Crippen LogP) is 2.32. The minimum Gasteiger partial charge on any atom is -0.393 e. The third-order valence-electron chi connectivity index (χ3n) is 4.03. The first-order valence-electron chi connectivity index (χ1n) is 6.50. The number of benzene rings is 1. The number of hydrogen-bond acceptors (Lipinski definition) is 3. The maximum atomic E-state index is 9.59. The summed E-state index contributed by atoms with van der Waals surface area (Å²) in [4.78, 5) is 4.32. The smallest absolute Gasteiger partial charge is 0.0702 e. The highest BCUT2D eigenvalue weighted by atomic mass is 16.3. The largest absolute Gasteiger partial charge is 0.393 e. The molecule has 0 bridgehead atoms. The topological polar surface area (TPSA) is 59.1 Å². The second kappa shape index (κ2) is 4.34. The fraction of sp³-hybridized carbons (Fsp3) is 0.400. The Bertz CT molecular complexity index is 559. The molecule has 94 valence electrons. The minimum atomic E-state index is -0.288. The Hall–Kier alpha value is -1.45. The average molecular weight is 242 g/mol. The van der Waals surface area contributed by atoms with Gasteiger partial charge in [0.1, 0.15) is 0 Å². The van der Waals surface area contributed by atoms with E-state index in [4.69, 9.17) is 5.73 Å². The number of aliphatic hydroxyl groups excluding tert-OH is 1. The number of aromatic nitrogens is 1. The van der Waals surface area contributed by atoms with Gasteiger partial charge in [0.2, 0.25) is 0 Å². The van der Waals surface area contributed by atoms with Crippen molar-refractivity contribution in [3.63, 3.8) is 0 Å². The van der Waals surface area contributed by atoms with Gasteiger partial charge in [-0.3, -0.25) is 4.98 Å². The highest BCUT2D eigenvalue weighted by Crippen LogP contribution is 2.35. The van der Waals surface area contributed by atoms with Crippen LogP contribution in [0.1, 0.15) is 31.2 Å². The summed E-state index contributed by atoms with van der Waals surface area (Å²) in [5.41, 5.74) is 8.38. The van der Waals surface area contributed by atoms with Crippen molar-refractivity contribution in [1.29, 1.82) is 0 Å². The van der Waals surface area contributed by atoms with Crippen molar-refractivity contribution in [2.75, 3.05) is 0 Å². The van der Waals surface area contributed by atoms with E-state index in [1.807, 2.05) is 12.1 Å². The monoisotopic (exact) mass is 242 g/mol. The zero-order valence-corrected chi connectivity index (χ0v) is 10.3. The Morgan fingerprint density at radius 2 is 2.00 bits per heavy atom. The summed E-state index contributed by atoms with van der Waals surface area (Å²) in [7, 11) is 0. The first-order valence-corrected chi connectivity index (χ1v) is 6.50. The van der Waals surface area contributed by atoms with Crippen molar-refractivity contribution in [1.82, 2.24) is 4.98 Å². The lowest BCUT2D eigenvalue weighted by atomic mass is 9.76. The third-order valence-corrected chi connectivity index (χ3v) is 4.03. The van der Waals surface area contributed by atoms with Crippen LogP contribution in [0.2, 0.25) is 0 Å². The fourth-order valence-electron chi connectivity index (χ4n) is 2.79. The minimum absolute atomic E-state index is 0.177. The molecule has 3 rings (SSSR count). The molecule has 2 aromatic rings. The molecule has 1 aromatic heterocycles. The van der Waals surface area contributed by atoms with Gasteiger partial charge in [-0.05, 0) is 49.4 Å². The van der Waals surface area contributed by atoms with Crippen LogP contribution >= 0.6 is 0 Å². The number of rotatable bonds is 1. The second-order valence-electron chi connectivity index (χ2n) is 5.30. The van der Waals surface area contributed by atoms with E-state index in [1.165, 1.54) is 0 Å². The molecule has 0 atom stereocenters. The van der Waals surface area contributed by atoms with Gasteiger partial charge in [-0.1, -0.05) is 12.1 Å². The van der Waals surface area contributed by atoms with Gasteiger partial charge in [0.05, 0.1) is 11.6 Å². The van der Waals surface area contributed by atoms with Crippen molar-refractivity contribution >= 4 is 10.9 Å². The van der Waals surface area contributed by atoms with Crippen LogP contribution in [0.5, 0.6) is 0 Å². The summed E-state index contributed by atoms with van der Waals surface area (Å²) in [5.74, 6) is 0. The summed E-state index contributed by atoms with van der Waals surface area (Å²) in [6.45, 7) is 0. The Morgan fingerprint density at radius 1 is 1.22 bits per heavy atom. The molecule has 3 heteroatoms. The van der Waals surface area contributed by atoms with Crippen LogP contribution in [0.25, 0.3) is 10.9 Å². The van der Waals surface area contributed by atoms with Crippen LogP contribution in [-0.2, 0) is 5.54 Å². The van der Waals surface area contributed by atoms with Crippen molar-refractivity contribution in [2.24, 2.45) is 5.73 Å². The van der Waals surface area contributed by atoms with Crippen LogP contribution in [0.4, 0.5) is 0 Å². The van der Waals surface area contributed by atoms with Crippen LogP contribution in [0.3, 0.4) is 0 Å². The molecule has 0 saturated heterocycles. The van der Waals surface area contributed by atoms with Crippen molar-refractivity contribution in [3.05, 3.63) is 42.1 Å². The molecule has 0 radical (unpaired) electrons. The lowest BCUT2D eigenvalue weighted by Crippen LogP contribution is -2.41. The Morgan fingerprint density at radius 3 is 2.78 bits per heavy atom. The van der Waals surface area contributed by atoms with Crippen LogP contribution < -0.4 is 5.73 Å². The van der Waals surface area contributed by atoms with Gasteiger partial charge in [-0.2, -0.15) is 0 Å². The number of pyridine rings is 1. The Kier molecular flexibility index (Phi) is 2.80. The van der Waals surface area contributed by atoms with E-state index in [1.54, 1.807) is 6.20 Å². The molecule has 1 heterocycles. The highest BCUT2D eigenvalue weighted by Gasteiger charge is 2.32. The van der Waals surface area contributed by atoms with E-state index in [0.29, 0.717) is 0 Å². The van der Waals surface area contributed by atoms with Gasteiger partial charge in [0.15, 0.2) is 0 Å². The molecule has 0 unspecified atom stereocenters. The van der Waals surface area contributed by atoms with Gasteiger partial charge >= 0.3 is 0 Å². The molecule has 1 saturated carbocycles. The van der Waals surface area contributed by atoms with Gasteiger partial charge in [-0.15, -0.1) is 0 Å². The quantitative estimate of drug-likeness (QED) is 0.806. The van der Waals surface area contributed by atoms with E-state index in [2.05, 4.69) is 23.2 Å². The highest BCUT2D eigenvalue weighted by molar-refractivity contribution is 5.79. The van der Waals surface area contributed by atoms with Crippen molar-refractivity contribution < 1.29 is 5.11 Å². The molecule has 0 amide bonds. The molecule has 0 aliphatic heterocycles. The normalized spacial score (nSPS) is 28.4.